The molecule has 176 valence electrons. The summed E-state index contributed by atoms with van der Waals surface area (Å²) in [5, 5.41) is 24.3. The number of anilines is 1. The van der Waals surface area contributed by atoms with Crippen molar-refractivity contribution < 1.29 is 4.79 Å². The molecule has 0 fully saturated rings. The Balaban J connectivity index is 0.000000261. The van der Waals surface area contributed by atoms with Gasteiger partial charge in [-0.3, -0.25) is 9.48 Å². The fourth-order valence-corrected chi connectivity index (χ4v) is 3.47. The number of benzene rings is 1. The summed E-state index contributed by atoms with van der Waals surface area (Å²) < 4.78 is 1.73. The number of nitriles is 2. The van der Waals surface area contributed by atoms with Gasteiger partial charge in [-0.15, -0.1) is 0 Å². The van der Waals surface area contributed by atoms with E-state index in [0.717, 1.165) is 41.5 Å². The van der Waals surface area contributed by atoms with Crippen LogP contribution in [0.1, 0.15) is 30.4 Å². The van der Waals surface area contributed by atoms with Crippen molar-refractivity contribution in [3.8, 4) is 23.3 Å². The van der Waals surface area contributed by atoms with Gasteiger partial charge in [0.25, 0.3) is 0 Å². The van der Waals surface area contributed by atoms with Crippen molar-refractivity contribution >= 4 is 11.7 Å². The molecule has 1 aromatic carbocycles. The first kappa shape index (κ1) is 25.1. The molecule has 35 heavy (non-hydrogen) atoms. The third kappa shape index (κ3) is 7.78. The molecule has 2 heterocycles. The second-order valence-corrected chi connectivity index (χ2v) is 8.01. The van der Waals surface area contributed by atoms with E-state index in [1.165, 1.54) is 5.56 Å². The summed E-state index contributed by atoms with van der Waals surface area (Å²) >= 11 is 0. The van der Waals surface area contributed by atoms with Crippen LogP contribution in [0.3, 0.4) is 0 Å². The van der Waals surface area contributed by atoms with Gasteiger partial charge in [0.1, 0.15) is 5.82 Å². The van der Waals surface area contributed by atoms with Gasteiger partial charge in [-0.05, 0) is 67.3 Å². The molecule has 3 aromatic rings. The van der Waals surface area contributed by atoms with Crippen LogP contribution in [-0.2, 0) is 18.3 Å². The number of pyridine rings is 1. The summed E-state index contributed by atoms with van der Waals surface area (Å²) in [5.74, 6) is 0.367. The lowest BCUT2D eigenvalue weighted by Crippen LogP contribution is -2.13. The highest BCUT2D eigenvalue weighted by molar-refractivity contribution is 5.92. The molecule has 4 rings (SSSR count). The highest BCUT2D eigenvalue weighted by Gasteiger charge is 2.10. The molecule has 0 atom stereocenters. The van der Waals surface area contributed by atoms with Crippen LogP contribution in [0.4, 0.5) is 5.82 Å². The van der Waals surface area contributed by atoms with Gasteiger partial charge in [0.2, 0.25) is 5.91 Å². The third-order valence-electron chi connectivity index (χ3n) is 5.27. The highest BCUT2D eigenvalue weighted by atomic mass is 16.1. The Bertz CT molecular complexity index is 1290. The van der Waals surface area contributed by atoms with Crippen LogP contribution in [0, 0.1) is 22.7 Å². The van der Waals surface area contributed by atoms with E-state index in [-0.39, 0.29) is 12.3 Å². The molecule has 8 heteroatoms. The summed E-state index contributed by atoms with van der Waals surface area (Å²) in [4.78, 5) is 16.4. The van der Waals surface area contributed by atoms with Crippen LogP contribution >= 0.6 is 0 Å². The molecule has 2 aromatic heterocycles. The van der Waals surface area contributed by atoms with Crippen molar-refractivity contribution in [2.75, 3.05) is 11.9 Å². The van der Waals surface area contributed by atoms with Crippen molar-refractivity contribution in [2.45, 2.75) is 25.7 Å². The van der Waals surface area contributed by atoms with E-state index < -0.39 is 0 Å². The zero-order valence-corrected chi connectivity index (χ0v) is 19.6. The molecule has 1 aliphatic rings. The largest absolute Gasteiger partial charge is 0.330 e. The highest BCUT2D eigenvalue weighted by Crippen LogP contribution is 2.21. The number of hydrogen-bond acceptors (Lipinski definition) is 6. The number of aromatic nitrogens is 3. The summed E-state index contributed by atoms with van der Waals surface area (Å²) in [6, 6.07) is 15.4. The van der Waals surface area contributed by atoms with Crippen LogP contribution in [0.15, 0.2) is 78.3 Å². The van der Waals surface area contributed by atoms with Gasteiger partial charge in [-0.2, -0.15) is 15.6 Å². The summed E-state index contributed by atoms with van der Waals surface area (Å²) in [5.41, 5.74) is 10.8. The number of aryl methyl sites for hydroxylation is 1. The molecule has 3 N–H and O–H groups in total. The first-order valence-electron chi connectivity index (χ1n) is 11.2. The number of nitrogens with one attached hydrogen (secondary N) is 1. The minimum atomic E-state index is -0.140. The van der Waals surface area contributed by atoms with Crippen LogP contribution < -0.4 is 11.1 Å². The molecule has 0 radical (unpaired) electrons. The fourth-order valence-electron chi connectivity index (χ4n) is 3.47. The molecule has 0 saturated carbocycles. The molecule has 1 aliphatic carbocycles. The van der Waals surface area contributed by atoms with Crippen molar-refractivity contribution in [3.63, 3.8) is 0 Å². The van der Waals surface area contributed by atoms with Crippen molar-refractivity contribution in [2.24, 2.45) is 12.8 Å². The number of carbonyl (C=O) groups is 1. The van der Waals surface area contributed by atoms with Gasteiger partial charge >= 0.3 is 0 Å². The van der Waals surface area contributed by atoms with Gasteiger partial charge in [0.05, 0.1) is 30.3 Å². The normalized spacial score (nSPS) is 12.2. The number of nitrogens with zero attached hydrogens (tertiary/aromatic N) is 5. The summed E-state index contributed by atoms with van der Waals surface area (Å²) in [6.07, 6.45) is 11.9. The Morgan fingerprint density at radius 2 is 1.91 bits per heavy atom. The second kappa shape index (κ2) is 12.6. The molecule has 0 unspecified atom stereocenters. The molecule has 1 amide bonds. The van der Waals surface area contributed by atoms with E-state index in [4.69, 9.17) is 16.3 Å². The number of allylic oxidation sites excluding steroid dienone is 3. The van der Waals surface area contributed by atoms with Crippen molar-refractivity contribution in [3.05, 3.63) is 89.4 Å². The number of nitrogens with two attached hydrogens (primary N) is 1. The van der Waals surface area contributed by atoms with Crippen LogP contribution in [0.25, 0.3) is 11.1 Å². The van der Waals surface area contributed by atoms with Crippen LogP contribution in [0.5, 0.6) is 0 Å². The minimum absolute atomic E-state index is 0.140. The van der Waals surface area contributed by atoms with Gasteiger partial charge in [0, 0.05) is 36.1 Å². The molecule has 0 saturated heterocycles. The Hall–Kier alpha value is -4.53. The van der Waals surface area contributed by atoms with Crippen LogP contribution in [-0.4, -0.2) is 27.2 Å². The van der Waals surface area contributed by atoms with Gasteiger partial charge in [-0.1, -0.05) is 18.2 Å². The number of amides is 1. The molecular formula is C27H27N7O. The monoisotopic (exact) mass is 465 g/mol. The number of rotatable bonds is 6. The van der Waals surface area contributed by atoms with E-state index in [2.05, 4.69) is 27.5 Å². The first-order chi connectivity index (χ1) is 17.0. The van der Waals surface area contributed by atoms with E-state index in [9.17, 15) is 4.79 Å². The number of hydrogen-bond donors (Lipinski definition) is 2. The van der Waals surface area contributed by atoms with Gasteiger partial charge in [0.15, 0.2) is 0 Å². The Labute approximate surface area is 205 Å². The lowest BCUT2D eigenvalue weighted by Gasteiger charge is -2.09. The van der Waals surface area contributed by atoms with E-state index in [1.807, 2.05) is 49.7 Å². The SMILES string of the molecule is Cn1cc(-c2ccc(NC(=O)CC3=CCCC(C#N)=C3)nc2)cn1.N#Cc1ccc(CCN)cc1. The zero-order chi connectivity index (χ0) is 25.0. The predicted molar refractivity (Wildman–Crippen MR) is 135 cm³/mol. The maximum absolute atomic E-state index is 12.1. The smallest absolute Gasteiger partial charge is 0.229 e. The standard InChI is InChI=1S/C18H17N5O.C9H10N2/c1-23-12-16(11-21-23)15-5-6-17(20-10-15)22-18(24)8-13-3-2-4-14(7-13)9-19;10-6-5-8-1-3-9(7-11)4-2-8/h3,5-7,10-12H,2,4,8H2,1H3,(H,20,22,24);1-4H,5-6,10H2. The summed E-state index contributed by atoms with van der Waals surface area (Å²) in [7, 11) is 1.86. The maximum atomic E-state index is 12.1. The van der Waals surface area contributed by atoms with Gasteiger partial charge < -0.3 is 11.1 Å². The Kier molecular flexibility index (Phi) is 9.07. The van der Waals surface area contributed by atoms with Gasteiger partial charge in [-0.25, -0.2) is 4.98 Å². The fraction of sp³-hybridized carbons (Fsp3) is 0.222. The minimum Gasteiger partial charge on any atom is -0.330 e. The topological polar surface area (TPSA) is 133 Å². The Morgan fingerprint density at radius 3 is 2.51 bits per heavy atom. The van der Waals surface area contributed by atoms with Crippen molar-refractivity contribution in [1.29, 1.82) is 10.5 Å². The lowest BCUT2D eigenvalue weighted by atomic mass is 9.98. The molecule has 0 spiro atoms. The molecule has 0 aliphatic heterocycles. The Morgan fingerprint density at radius 1 is 1.11 bits per heavy atom. The van der Waals surface area contributed by atoms with E-state index >= 15 is 0 Å². The predicted octanol–water partition coefficient (Wildman–Crippen LogP) is 4.04. The zero-order valence-electron chi connectivity index (χ0n) is 19.6. The average molecular weight is 466 g/mol. The molecular weight excluding hydrogens is 438 g/mol. The first-order valence-corrected chi connectivity index (χ1v) is 11.2. The van der Waals surface area contributed by atoms with E-state index in [1.54, 1.807) is 29.2 Å². The van der Waals surface area contributed by atoms with Crippen molar-refractivity contribution in [1.82, 2.24) is 14.8 Å². The second-order valence-electron chi connectivity index (χ2n) is 8.01. The third-order valence-corrected chi connectivity index (χ3v) is 5.27. The number of carbonyl (C=O) groups excluding carboxylic acids is 1. The quantitative estimate of drug-likeness (QED) is 0.564. The van der Waals surface area contributed by atoms with E-state index in [0.29, 0.717) is 17.9 Å². The van der Waals surface area contributed by atoms with Crippen LogP contribution in [0.2, 0.25) is 0 Å². The molecule has 0 bridgehead atoms. The maximum Gasteiger partial charge on any atom is 0.229 e. The lowest BCUT2D eigenvalue weighted by molar-refractivity contribution is -0.115. The average Bonchev–Trinajstić information content (AvgIpc) is 3.32. The summed E-state index contributed by atoms with van der Waals surface area (Å²) in [6.45, 7) is 0.659. The molecule has 8 nitrogen and oxygen atoms in total.